The van der Waals surface area contributed by atoms with E-state index in [1.54, 1.807) is 0 Å². The molecule has 0 spiro atoms. The van der Waals surface area contributed by atoms with Crippen LogP contribution in [-0.4, -0.2) is 9.55 Å². The molecule has 0 bridgehead atoms. The summed E-state index contributed by atoms with van der Waals surface area (Å²) >= 11 is 0. The zero-order valence-corrected chi connectivity index (χ0v) is 8.72. The van der Waals surface area contributed by atoms with E-state index >= 15 is 0 Å². The summed E-state index contributed by atoms with van der Waals surface area (Å²) in [6.07, 6.45) is 10.5. The molecular weight excluding hydrogens is 196 g/mol. The quantitative estimate of drug-likeness (QED) is 0.552. The van der Waals surface area contributed by atoms with Crippen molar-refractivity contribution in [1.29, 1.82) is 0 Å². The van der Waals surface area contributed by atoms with E-state index in [0.717, 1.165) is 6.54 Å². The van der Waals surface area contributed by atoms with Gasteiger partial charge in [0.2, 0.25) is 0 Å². The Labute approximate surface area is 93.2 Å². The highest BCUT2D eigenvalue weighted by Crippen LogP contribution is 2.34. The lowest BCUT2D eigenvalue weighted by Crippen LogP contribution is -2.04. The van der Waals surface area contributed by atoms with Crippen LogP contribution in [0.1, 0.15) is 5.56 Å². The van der Waals surface area contributed by atoms with Crippen LogP contribution in [-0.2, 0) is 6.54 Å². The molecule has 0 fully saturated rings. The first kappa shape index (κ1) is 8.11. The number of para-hydroxylation sites is 1. The highest BCUT2D eigenvalue weighted by molar-refractivity contribution is 6.00. The van der Waals surface area contributed by atoms with Gasteiger partial charge in [0.05, 0.1) is 5.52 Å². The maximum Gasteiger partial charge on any atom is 0.0563 e. The van der Waals surface area contributed by atoms with Crippen molar-refractivity contribution in [3.8, 4) is 11.1 Å². The first-order valence-corrected chi connectivity index (χ1v) is 5.45. The van der Waals surface area contributed by atoms with Crippen molar-refractivity contribution in [3.05, 3.63) is 48.4 Å². The molecule has 1 aromatic rings. The van der Waals surface area contributed by atoms with E-state index in [9.17, 15) is 0 Å². The highest BCUT2D eigenvalue weighted by Gasteiger charge is 2.14. The molecule has 0 saturated carbocycles. The molecule has 0 radical (unpaired) electrons. The SMILES string of the molecule is C1=Cc2cccc3c4cncc-4cn(c23)C1. The predicted octanol–water partition coefficient (Wildman–Crippen LogP) is 3.17. The fourth-order valence-electron chi connectivity index (χ4n) is 2.57. The van der Waals surface area contributed by atoms with E-state index in [4.69, 9.17) is 0 Å². The van der Waals surface area contributed by atoms with Gasteiger partial charge in [-0.1, -0.05) is 30.4 Å². The van der Waals surface area contributed by atoms with Gasteiger partial charge in [-0.25, -0.2) is 0 Å². The van der Waals surface area contributed by atoms with Gasteiger partial charge in [0, 0.05) is 41.6 Å². The molecule has 0 aromatic heterocycles. The molecule has 2 nitrogen and oxygen atoms in total. The van der Waals surface area contributed by atoms with E-state index in [-0.39, 0.29) is 0 Å². The molecule has 0 saturated heterocycles. The van der Waals surface area contributed by atoms with Crippen molar-refractivity contribution in [1.82, 2.24) is 9.55 Å². The van der Waals surface area contributed by atoms with Crippen molar-refractivity contribution >= 4 is 17.0 Å². The number of benzene rings is 1. The fraction of sp³-hybridized carbons (Fsp3) is 0.0714. The van der Waals surface area contributed by atoms with Crippen molar-refractivity contribution < 1.29 is 0 Å². The second-order valence-electron chi connectivity index (χ2n) is 4.20. The molecule has 2 heteroatoms. The molecule has 0 N–H and O–H groups in total. The van der Waals surface area contributed by atoms with Crippen molar-refractivity contribution in [2.45, 2.75) is 6.54 Å². The van der Waals surface area contributed by atoms with Crippen LogP contribution in [0, 0.1) is 0 Å². The third-order valence-corrected chi connectivity index (χ3v) is 3.27. The topological polar surface area (TPSA) is 17.8 Å². The molecule has 1 aromatic carbocycles. The Balaban J connectivity index is 2.33. The fourth-order valence-corrected chi connectivity index (χ4v) is 2.57. The summed E-state index contributed by atoms with van der Waals surface area (Å²) in [7, 11) is 0. The molecular formula is C14H10N2. The summed E-state index contributed by atoms with van der Waals surface area (Å²) in [5, 5.41) is 1.30. The Morgan fingerprint density at radius 2 is 2.19 bits per heavy atom. The van der Waals surface area contributed by atoms with Crippen LogP contribution >= 0.6 is 0 Å². The lowest BCUT2D eigenvalue weighted by molar-refractivity contribution is 0.849. The Kier molecular flexibility index (Phi) is 1.38. The second kappa shape index (κ2) is 2.73. The van der Waals surface area contributed by atoms with Crippen LogP contribution in [0.4, 0.5) is 0 Å². The van der Waals surface area contributed by atoms with Crippen LogP contribution in [0.3, 0.4) is 0 Å². The van der Waals surface area contributed by atoms with Gasteiger partial charge < -0.3 is 4.57 Å². The normalized spacial score (nSPS) is 13.8. The summed E-state index contributed by atoms with van der Waals surface area (Å²) in [6, 6.07) is 6.46. The van der Waals surface area contributed by atoms with Gasteiger partial charge in [-0.2, -0.15) is 0 Å². The van der Waals surface area contributed by atoms with Gasteiger partial charge in [0.25, 0.3) is 0 Å². The zero-order valence-electron chi connectivity index (χ0n) is 8.72. The van der Waals surface area contributed by atoms with Crippen molar-refractivity contribution in [3.63, 3.8) is 0 Å². The van der Waals surface area contributed by atoms with E-state index in [1.165, 1.54) is 27.6 Å². The molecule has 16 heavy (non-hydrogen) atoms. The largest absolute Gasteiger partial charge is 0.342 e. The Bertz CT molecular complexity index is 691. The Morgan fingerprint density at radius 1 is 1.19 bits per heavy atom. The average Bonchev–Trinajstić information content (AvgIpc) is 2.78. The van der Waals surface area contributed by atoms with Gasteiger partial charge in [-0.3, -0.25) is 4.98 Å². The Hall–Kier alpha value is -2.09. The number of fused-ring (bicyclic) bond motifs is 2. The monoisotopic (exact) mass is 206 g/mol. The summed E-state index contributed by atoms with van der Waals surface area (Å²) in [6.45, 7) is 0.953. The third kappa shape index (κ3) is 0.890. The van der Waals surface area contributed by atoms with Crippen LogP contribution in [0.2, 0.25) is 0 Å². The molecule has 76 valence electrons. The molecule has 3 heterocycles. The second-order valence-corrected chi connectivity index (χ2v) is 4.20. The summed E-state index contributed by atoms with van der Waals surface area (Å²) in [5.41, 5.74) is 5.10. The van der Waals surface area contributed by atoms with Crippen molar-refractivity contribution in [2.75, 3.05) is 0 Å². The van der Waals surface area contributed by atoms with Crippen LogP contribution in [0.25, 0.3) is 28.1 Å². The lowest BCUT2D eigenvalue weighted by Gasteiger charge is -2.18. The van der Waals surface area contributed by atoms with Gasteiger partial charge in [-0.15, -0.1) is 0 Å². The third-order valence-electron chi connectivity index (χ3n) is 3.27. The molecule has 0 unspecified atom stereocenters. The van der Waals surface area contributed by atoms with Crippen LogP contribution in [0.15, 0.2) is 42.9 Å². The van der Waals surface area contributed by atoms with Crippen LogP contribution < -0.4 is 0 Å². The summed E-state index contributed by atoms with van der Waals surface area (Å²) in [5.74, 6) is 0. The van der Waals surface area contributed by atoms with Crippen molar-refractivity contribution in [2.24, 2.45) is 0 Å². The first-order valence-electron chi connectivity index (χ1n) is 5.45. The minimum atomic E-state index is 0.953. The minimum Gasteiger partial charge on any atom is -0.342 e. The number of rotatable bonds is 0. The van der Waals surface area contributed by atoms with E-state index in [1.807, 2.05) is 12.4 Å². The maximum atomic E-state index is 4.24. The van der Waals surface area contributed by atoms with E-state index in [0.29, 0.717) is 0 Å². The van der Waals surface area contributed by atoms with E-state index in [2.05, 4.69) is 46.1 Å². The average molecular weight is 206 g/mol. The molecule has 0 aliphatic carbocycles. The standard InChI is InChI=1S/C14H10N2/c1-3-10-4-2-6-16-9-11-7-15-8-13(11)12(5-1)14(10)16/h1-5,7-9H,6H2. The molecule has 4 rings (SSSR count). The van der Waals surface area contributed by atoms with Gasteiger partial charge in [0.1, 0.15) is 0 Å². The van der Waals surface area contributed by atoms with Gasteiger partial charge in [0.15, 0.2) is 0 Å². The van der Waals surface area contributed by atoms with Crippen LogP contribution in [0.5, 0.6) is 0 Å². The lowest BCUT2D eigenvalue weighted by atomic mass is 10.00. The molecule has 3 aliphatic rings. The molecule has 0 atom stereocenters. The number of hydrogen-bond donors (Lipinski definition) is 0. The number of nitrogens with zero attached hydrogens (tertiary/aromatic N) is 2. The Morgan fingerprint density at radius 3 is 3.19 bits per heavy atom. The number of aromatic nitrogens is 2. The molecule has 3 aliphatic heterocycles. The summed E-state index contributed by atoms with van der Waals surface area (Å²) in [4.78, 5) is 4.24. The maximum absolute atomic E-state index is 4.24. The first-order chi connectivity index (χ1) is 7.93. The smallest absolute Gasteiger partial charge is 0.0563 e. The predicted molar refractivity (Wildman–Crippen MR) is 65.4 cm³/mol. The minimum absolute atomic E-state index is 0.953. The van der Waals surface area contributed by atoms with Gasteiger partial charge >= 0.3 is 0 Å². The van der Waals surface area contributed by atoms with Gasteiger partial charge in [-0.05, 0) is 5.56 Å². The molecule has 0 amide bonds. The number of hydrogen-bond acceptors (Lipinski definition) is 1. The highest BCUT2D eigenvalue weighted by atomic mass is 15.0. The zero-order chi connectivity index (χ0) is 10.5. The number of pyridine rings is 1. The van der Waals surface area contributed by atoms with E-state index < -0.39 is 0 Å². The number of allylic oxidation sites excluding steroid dienone is 1. The summed E-state index contributed by atoms with van der Waals surface area (Å²) < 4.78 is 2.30.